The van der Waals surface area contributed by atoms with Crippen molar-refractivity contribution in [2.24, 2.45) is 0 Å². The van der Waals surface area contributed by atoms with Gasteiger partial charge < -0.3 is 9.64 Å². The van der Waals surface area contributed by atoms with Crippen molar-refractivity contribution in [3.05, 3.63) is 20.8 Å². The molecule has 98 valence electrons. The fraction of sp³-hybridized carbons (Fsp3) is 0.500. The third-order valence-electron chi connectivity index (χ3n) is 2.88. The second-order valence-electron chi connectivity index (χ2n) is 4.01. The summed E-state index contributed by atoms with van der Waals surface area (Å²) in [7, 11) is 0. The largest absolute Gasteiger partial charge is 0.464 e. The summed E-state index contributed by atoms with van der Waals surface area (Å²) in [5.41, 5.74) is 0. The molecule has 2 rings (SSSR count). The number of thiophene rings is 1. The number of hydrogen-bond donors (Lipinski definition) is 0. The molecule has 1 saturated heterocycles. The average Bonchev–Trinajstić information content (AvgIpc) is 2.96. The van der Waals surface area contributed by atoms with E-state index in [1.807, 2.05) is 11.4 Å². The van der Waals surface area contributed by atoms with E-state index in [0.717, 1.165) is 10.9 Å². The maximum absolute atomic E-state index is 12.3. The van der Waals surface area contributed by atoms with Crippen molar-refractivity contribution < 1.29 is 14.3 Å². The molecule has 0 bridgehead atoms. The normalized spacial score (nSPS) is 19.0. The minimum Gasteiger partial charge on any atom is -0.464 e. The molecule has 18 heavy (non-hydrogen) atoms. The zero-order valence-corrected chi connectivity index (χ0v) is 12.4. The number of amides is 1. The van der Waals surface area contributed by atoms with E-state index in [4.69, 9.17) is 4.74 Å². The van der Waals surface area contributed by atoms with Crippen molar-refractivity contribution in [2.75, 3.05) is 13.2 Å². The zero-order chi connectivity index (χ0) is 13.1. The predicted octanol–water partition coefficient (Wildman–Crippen LogP) is 2.68. The predicted molar refractivity (Wildman–Crippen MR) is 72.7 cm³/mol. The van der Waals surface area contributed by atoms with Crippen molar-refractivity contribution in [1.82, 2.24) is 4.90 Å². The Kier molecular flexibility index (Phi) is 4.40. The Morgan fingerprint density at radius 3 is 3.00 bits per heavy atom. The molecule has 1 unspecified atom stereocenters. The van der Waals surface area contributed by atoms with Gasteiger partial charge in [0, 0.05) is 11.0 Å². The smallest absolute Gasteiger partial charge is 0.328 e. The number of carbonyl (C=O) groups excluding carboxylic acids is 2. The van der Waals surface area contributed by atoms with E-state index in [2.05, 4.69) is 15.9 Å². The molecule has 1 fully saturated rings. The lowest BCUT2D eigenvalue weighted by Crippen LogP contribution is -2.41. The van der Waals surface area contributed by atoms with Gasteiger partial charge in [-0.05, 0) is 47.1 Å². The number of esters is 1. The monoisotopic (exact) mass is 331 g/mol. The number of ether oxygens (including phenoxy) is 1. The van der Waals surface area contributed by atoms with Gasteiger partial charge >= 0.3 is 5.97 Å². The molecular formula is C12H14BrNO3S. The summed E-state index contributed by atoms with van der Waals surface area (Å²) < 4.78 is 5.80. The number of halogens is 1. The highest BCUT2D eigenvalue weighted by Crippen LogP contribution is 2.28. The highest BCUT2D eigenvalue weighted by atomic mass is 79.9. The SMILES string of the molecule is CCOC(=O)C1CCCN1C(=O)c1sccc1Br. The molecule has 1 aliphatic rings. The molecule has 1 aliphatic heterocycles. The van der Waals surface area contributed by atoms with Crippen LogP contribution in [0.15, 0.2) is 15.9 Å². The Labute approximate surface area is 118 Å². The van der Waals surface area contributed by atoms with E-state index in [0.29, 0.717) is 24.4 Å². The Hall–Kier alpha value is -0.880. The second-order valence-corrected chi connectivity index (χ2v) is 5.78. The van der Waals surface area contributed by atoms with Gasteiger partial charge in [0.25, 0.3) is 5.91 Å². The van der Waals surface area contributed by atoms with Crippen LogP contribution in [0.1, 0.15) is 29.4 Å². The molecule has 0 spiro atoms. The molecule has 0 N–H and O–H groups in total. The van der Waals surface area contributed by atoms with Crippen LogP contribution >= 0.6 is 27.3 Å². The van der Waals surface area contributed by atoms with Gasteiger partial charge in [0.2, 0.25) is 0 Å². The molecule has 0 radical (unpaired) electrons. The summed E-state index contributed by atoms with van der Waals surface area (Å²) >= 11 is 4.73. The van der Waals surface area contributed by atoms with E-state index in [1.165, 1.54) is 11.3 Å². The third kappa shape index (κ3) is 2.59. The molecular weight excluding hydrogens is 318 g/mol. The van der Waals surface area contributed by atoms with Gasteiger partial charge in [-0.25, -0.2) is 4.79 Å². The quantitative estimate of drug-likeness (QED) is 0.800. The lowest BCUT2D eigenvalue weighted by atomic mass is 10.2. The van der Waals surface area contributed by atoms with Crippen molar-refractivity contribution in [3.8, 4) is 0 Å². The van der Waals surface area contributed by atoms with Crippen LogP contribution in [0.4, 0.5) is 0 Å². The number of hydrogen-bond acceptors (Lipinski definition) is 4. The third-order valence-corrected chi connectivity index (χ3v) is 4.71. The van der Waals surface area contributed by atoms with Crippen LogP contribution in [-0.4, -0.2) is 36.0 Å². The van der Waals surface area contributed by atoms with E-state index >= 15 is 0 Å². The molecule has 1 aromatic rings. The van der Waals surface area contributed by atoms with Crippen LogP contribution in [0.5, 0.6) is 0 Å². The zero-order valence-electron chi connectivity index (χ0n) is 10.0. The molecule has 2 heterocycles. The molecule has 1 atom stereocenters. The Bertz CT molecular complexity index is 460. The Morgan fingerprint density at radius 1 is 1.61 bits per heavy atom. The van der Waals surface area contributed by atoms with Gasteiger partial charge in [0.05, 0.1) is 6.61 Å². The summed E-state index contributed by atoms with van der Waals surface area (Å²) in [6.07, 6.45) is 1.53. The topological polar surface area (TPSA) is 46.6 Å². The van der Waals surface area contributed by atoms with Gasteiger partial charge in [0.1, 0.15) is 10.9 Å². The van der Waals surface area contributed by atoms with Gasteiger partial charge in [-0.2, -0.15) is 0 Å². The first-order chi connectivity index (χ1) is 8.65. The van der Waals surface area contributed by atoms with Gasteiger partial charge in [-0.3, -0.25) is 4.79 Å². The van der Waals surface area contributed by atoms with E-state index in [9.17, 15) is 9.59 Å². The van der Waals surface area contributed by atoms with Crippen LogP contribution in [-0.2, 0) is 9.53 Å². The summed E-state index contributed by atoms with van der Waals surface area (Å²) in [4.78, 5) is 26.4. The molecule has 1 aromatic heterocycles. The van der Waals surface area contributed by atoms with Crippen LogP contribution in [0.3, 0.4) is 0 Å². The van der Waals surface area contributed by atoms with E-state index in [-0.39, 0.29) is 11.9 Å². The summed E-state index contributed by atoms with van der Waals surface area (Å²) in [5.74, 6) is -0.386. The Balaban J connectivity index is 2.15. The second kappa shape index (κ2) is 5.84. The van der Waals surface area contributed by atoms with Crippen LogP contribution in [0.2, 0.25) is 0 Å². The van der Waals surface area contributed by atoms with Crippen LogP contribution in [0, 0.1) is 0 Å². The lowest BCUT2D eigenvalue weighted by Gasteiger charge is -2.22. The number of rotatable bonds is 3. The summed E-state index contributed by atoms with van der Waals surface area (Å²) in [5, 5.41) is 1.85. The van der Waals surface area contributed by atoms with Crippen molar-refractivity contribution in [3.63, 3.8) is 0 Å². The number of likely N-dealkylation sites (tertiary alicyclic amines) is 1. The Morgan fingerprint density at radius 2 is 2.39 bits per heavy atom. The first-order valence-electron chi connectivity index (χ1n) is 5.85. The first kappa shape index (κ1) is 13.5. The molecule has 1 amide bonds. The van der Waals surface area contributed by atoms with E-state index in [1.54, 1.807) is 11.8 Å². The maximum Gasteiger partial charge on any atom is 0.328 e. The van der Waals surface area contributed by atoms with Gasteiger partial charge in [-0.15, -0.1) is 11.3 Å². The minimum atomic E-state index is -0.425. The fourth-order valence-corrected chi connectivity index (χ4v) is 3.57. The highest BCUT2D eigenvalue weighted by molar-refractivity contribution is 9.10. The van der Waals surface area contributed by atoms with Gasteiger partial charge in [-0.1, -0.05) is 0 Å². The minimum absolute atomic E-state index is 0.0903. The lowest BCUT2D eigenvalue weighted by molar-refractivity contribution is -0.147. The van der Waals surface area contributed by atoms with Crippen molar-refractivity contribution in [1.29, 1.82) is 0 Å². The van der Waals surface area contributed by atoms with E-state index < -0.39 is 6.04 Å². The van der Waals surface area contributed by atoms with Gasteiger partial charge in [0.15, 0.2) is 0 Å². The molecule has 0 saturated carbocycles. The summed E-state index contributed by atoms with van der Waals surface area (Å²) in [6.45, 7) is 2.74. The molecule has 0 aliphatic carbocycles. The molecule has 4 nitrogen and oxygen atoms in total. The van der Waals surface area contributed by atoms with Crippen molar-refractivity contribution >= 4 is 39.1 Å². The van der Waals surface area contributed by atoms with Crippen LogP contribution < -0.4 is 0 Å². The number of nitrogens with zero attached hydrogens (tertiary/aromatic N) is 1. The van der Waals surface area contributed by atoms with Crippen LogP contribution in [0.25, 0.3) is 0 Å². The molecule has 6 heteroatoms. The van der Waals surface area contributed by atoms with Crippen molar-refractivity contribution in [2.45, 2.75) is 25.8 Å². The fourth-order valence-electron chi connectivity index (χ4n) is 2.07. The first-order valence-corrected chi connectivity index (χ1v) is 7.53. The number of carbonyl (C=O) groups is 2. The highest BCUT2D eigenvalue weighted by Gasteiger charge is 2.36. The standard InChI is InChI=1S/C12H14BrNO3S/c1-2-17-12(16)9-4-3-6-14(9)11(15)10-8(13)5-7-18-10/h5,7,9H,2-4,6H2,1H3. The molecule has 0 aromatic carbocycles. The maximum atomic E-state index is 12.3. The summed E-state index contributed by atoms with van der Waals surface area (Å²) in [6, 6.07) is 1.42. The average molecular weight is 332 g/mol.